The molecule has 0 aliphatic heterocycles. The van der Waals surface area contributed by atoms with Gasteiger partial charge in [-0.25, -0.2) is 13.2 Å². The normalized spacial score (nSPS) is 12.1. The van der Waals surface area contributed by atoms with Gasteiger partial charge in [-0.05, 0) is 17.5 Å². The first kappa shape index (κ1) is 11.2. The minimum atomic E-state index is -1.63. The highest BCUT2D eigenvalue weighted by atomic mass is 19.2. The van der Waals surface area contributed by atoms with Gasteiger partial charge in [-0.2, -0.15) is 0 Å². The predicted octanol–water partition coefficient (Wildman–Crippen LogP) is 1.75. The Kier molecular flexibility index (Phi) is 2.58. The third-order valence-electron chi connectivity index (χ3n) is 2.24. The first-order valence-corrected chi connectivity index (χ1v) is 4.46. The number of aromatic nitrogens is 1. The lowest BCUT2D eigenvalue weighted by atomic mass is 10.1. The van der Waals surface area contributed by atoms with Gasteiger partial charge < -0.3 is 10.9 Å². The monoisotopic (exact) mass is 241 g/mol. The lowest BCUT2D eigenvalue weighted by Gasteiger charge is -2.06. The van der Waals surface area contributed by atoms with Crippen molar-refractivity contribution in [2.45, 2.75) is 0 Å². The van der Waals surface area contributed by atoms with E-state index in [2.05, 4.69) is 10.1 Å². The smallest absolute Gasteiger partial charge is 0.195 e. The molecular formula is C10H6F3N3O. The van der Waals surface area contributed by atoms with Gasteiger partial charge in [0.2, 0.25) is 0 Å². The van der Waals surface area contributed by atoms with E-state index >= 15 is 0 Å². The first-order chi connectivity index (χ1) is 8.06. The minimum Gasteiger partial charge on any atom is -0.409 e. The van der Waals surface area contributed by atoms with Gasteiger partial charge in [0.1, 0.15) is 5.69 Å². The highest BCUT2D eigenvalue weighted by molar-refractivity contribution is 6.07. The molecule has 0 fully saturated rings. The fourth-order valence-electron chi connectivity index (χ4n) is 1.48. The number of rotatable bonds is 1. The van der Waals surface area contributed by atoms with Gasteiger partial charge in [-0.15, -0.1) is 0 Å². The van der Waals surface area contributed by atoms with Crippen LogP contribution in [0.25, 0.3) is 10.8 Å². The lowest BCUT2D eigenvalue weighted by molar-refractivity contribution is 0.318. The van der Waals surface area contributed by atoms with E-state index in [0.29, 0.717) is 0 Å². The van der Waals surface area contributed by atoms with Crippen molar-refractivity contribution in [1.29, 1.82) is 0 Å². The van der Waals surface area contributed by atoms with E-state index in [-0.39, 0.29) is 16.5 Å². The molecule has 2 aromatic rings. The molecule has 0 unspecified atom stereocenters. The van der Waals surface area contributed by atoms with E-state index in [1.807, 2.05) is 0 Å². The predicted molar refractivity (Wildman–Crippen MR) is 54.1 cm³/mol. The van der Waals surface area contributed by atoms with Crippen LogP contribution in [0.15, 0.2) is 23.5 Å². The molecule has 0 aliphatic carbocycles. The molecule has 0 amide bonds. The second kappa shape index (κ2) is 3.93. The van der Waals surface area contributed by atoms with Gasteiger partial charge in [-0.1, -0.05) is 5.16 Å². The van der Waals surface area contributed by atoms with Crippen molar-refractivity contribution in [1.82, 2.24) is 4.98 Å². The molecule has 1 aromatic heterocycles. The summed E-state index contributed by atoms with van der Waals surface area (Å²) in [5.41, 5.74) is 5.02. The van der Waals surface area contributed by atoms with Gasteiger partial charge in [0.25, 0.3) is 0 Å². The van der Waals surface area contributed by atoms with Crippen LogP contribution in [0.3, 0.4) is 0 Å². The summed E-state index contributed by atoms with van der Waals surface area (Å²) in [5, 5.41) is 10.9. The molecule has 3 N–H and O–H groups in total. The Hall–Kier alpha value is -2.31. The Bertz CT molecular complexity index is 628. The van der Waals surface area contributed by atoms with E-state index in [0.717, 1.165) is 6.07 Å². The standard InChI is InChI=1S/C10H6F3N3O/c11-5-3-4-1-2-15-9(10(14)16-17)6(4)8(13)7(5)12/h1-3,17H,(H2,14,16). The van der Waals surface area contributed by atoms with Crippen molar-refractivity contribution in [3.8, 4) is 0 Å². The largest absolute Gasteiger partial charge is 0.409 e. The van der Waals surface area contributed by atoms with Crippen LogP contribution in [0.4, 0.5) is 13.2 Å². The summed E-state index contributed by atoms with van der Waals surface area (Å²) in [6, 6.07) is 2.10. The topological polar surface area (TPSA) is 71.5 Å². The van der Waals surface area contributed by atoms with Crippen LogP contribution >= 0.6 is 0 Å². The van der Waals surface area contributed by atoms with Crippen molar-refractivity contribution in [3.05, 3.63) is 41.5 Å². The van der Waals surface area contributed by atoms with Crippen LogP contribution in [0.5, 0.6) is 0 Å². The average Bonchev–Trinajstić information content (AvgIpc) is 2.34. The molecule has 2 rings (SSSR count). The maximum Gasteiger partial charge on any atom is 0.195 e. The number of benzene rings is 1. The number of amidine groups is 1. The molecule has 4 nitrogen and oxygen atoms in total. The van der Waals surface area contributed by atoms with Crippen molar-refractivity contribution < 1.29 is 18.4 Å². The fraction of sp³-hybridized carbons (Fsp3) is 0. The zero-order chi connectivity index (χ0) is 12.6. The summed E-state index contributed by atoms with van der Waals surface area (Å²) in [4.78, 5) is 3.66. The summed E-state index contributed by atoms with van der Waals surface area (Å²) in [6.45, 7) is 0. The number of fused-ring (bicyclic) bond motifs is 1. The fourth-order valence-corrected chi connectivity index (χ4v) is 1.48. The van der Waals surface area contributed by atoms with Gasteiger partial charge in [0, 0.05) is 6.20 Å². The van der Waals surface area contributed by atoms with Crippen molar-refractivity contribution >= 4 is 16.6 Å². The number of nitrogens with two attached hydrogens (primary N) is 1. The van der Waals surface area contributed by atoms with Crippen LogP contribution < -0.4 is 5.73 Å². The zero-order valence-electron chi connectivity index (χ0n) is 8.28. The first-order valence-electron chi connectivity index (χ1n) is 4.46. The molecule has 0 atom stereocenters. The quantitative estimate of drug-likeness (QED) is 0.262. The van der Waals surface area contributed by atoms with Crippen molar-refractivity contribution in [3.63, 3.8) is 0 Å². The van der Waals surface area contributed by atoms with E-state index in [1.165, 1.54) is 12.3 Å². The molecule has 1 heterocycles. The highest BCUT2D eigenvalue weighted by Crippen LogP contribution is 2.24. The summed E-state index contributed by atoms with van der Waals surface area (Å²) in [6.07, 6.45) is 1.21. The maximum absolute atomic E-state index is 13.6. The Morgan fingerprint density at radius 2 is 2.00 bits per heavy atom. The average molecular weight is 241 g/mol. The third kappa shape index (κ3) is 1.65. The molecule has 0 saturated heterocycles. The van der Waals surface area contributed by atoms with Crippen LogP contribution in [-0.4, -0.2) is 16.0 Å². The number of oxime groups is 1. The second-order valence-corrected chi connectivity index (χ2v) is 3.23. The molecule has 0 bridgehead atoms. The van der Waals surface area contributed by atoms with Crippen LogP contribution in [-0.2, 0) is 0 Å². The molecule has 17 heavy (non-hydrogen) atoms. The second-order valence-electron chi connectivity index (χ2n) is 3.23. The SMILES string of the molecule is N/C(=N/O)c1nccc2cc(F)c(F)c(F)c12. The highest BCUT2D eigenvalue weighted by Gasteiger charge is 2.18. The third-order valence-corrected chi connectivity index (χ3v) is 2.24. The summed E-state index contributed by atoms with van der Waals surface area (Å²) >= 11 is 0. The van der Waals surface area contributed by atoms with Crippen molar-refractivity contribution in [2.24, 2.45) is 10.9 Å². The Balaban J connectivity index is 2.94. The van der Waals surface area contributed by atoms with Crippen LogP contribution in [0, 0.1) is 17.5 Å². The van der Waals surface area contributed by atoms with Gasteiger partial charge in [-0.3, -0.25) is 4.98 Å². The van der Waals surface area contributed by atoms with Gasteiger partial charge in [0.15, 0.2) is 23.3 Å². The number of hydrogen-bond donors (Lipinski definition) is 2. The molecule has 0 spiro atoms. The Morgan fingerprint density at radius 1 is 1.29 bits per heavy atom. The number of nitrogens with zero attached hydrogens (tertiary/aromatic N) is 2. The molecule has 7 heteroatoms. The van der Waals surface area contributed by atoms with Gasteiger partial charge >= 0.3 is 0 Å². The molecule has 88 valence electrons. The van der Waals surface area contributed by atoms with Crippen LogP contribution in [0.2, 0.25) is 0 Å². The molecule has 1 aromatic carbocycles. The zero-order valence-corrected chi connectivity index (χ0v) is 8.28. The summed E-state index contributed by atoms with van der Waals surface area (Å²) < 4.78 is 39.6. The number of pyridine rings is 1. The molecule has 0 radical (unpaired) electrons. The Morgan fingerprint density at radius 3 is 2.65 bits per heavy atom. The summed E-state index contributed by atoms with van der Waals surface area (Å²) in [5.74, 6) is -4.85. The van der Waals surface area contributed by atoms with E-state index < -0.39 is 23.3 Å². The molecular weight excluding hydrogens is 235 g/mol. The van der Waals surface area contributed by atoms with Crippen molar-refractivity contribution in [2.75, 3.05) is 0 Å². The number of hydrogen-bond acceptors (Lipinski definition) is 3. The van der Waals surface area contributed by atoms with E-state index in [1.54, 1.807) is 0 Å². The molecule has 0 aliphatic rings. The maximum atomic E-state index is 13.6. The Labute approximate surface area is 93.2 Å². The minimum absolute atomic E-state index is 0.0676. The van der Waals surface area contributed by atoms with Crippen LogP contribution in [0.1, 0.15) is 5.69 Å². The lowest BCUT2D eigenvalue weighted by Crippen LogP contribution is -2.16. The molecule has 0 saturated carbocycles. The summed E-state index contributed by atoms with van der Waals surface area (Å²) in [7, 11) is 0. The van der Waals surface area contributed by atoms with Gasteiger partial charge in [0.05, 0.1) is 5.39 Å². The number of halogens is 3. The van der Waals surface area contributed by atoms with E-state index in [4.69, 9.17) is 10.9 Å². The van der Waals surface area contributed by atoms with E-state index in [9.17, 15) is 13.2 Å².